The molecule has 0 unspecified atom stereocenters. The Morgan fingerprint density at radius 3 is 2.24 bits per heavy atom. The number of ether oxygens (including phenoxy) is 2. The van der Waals surface area contributed by atoms with Crippen LogP contribution in [0.2, 0.25) is 5.02 Å². The number of hydrogen-bond donors (Lipinski definition) is 0. The molecule has 2 fully saturated rings. The molecule has 0 spiro atoms. The summed E-state index contributed by atoms with van der Waals surface area (Å²) in [6.45, 7) is 1.80. The second-order valence-corrected chi connectivity index (χ2v) is 8.49. The molecule has 1 aromatic rings. The smallest absolute Gasteiger partial charge is 0.330 e. The van der Waals surface area contributed by atoms with E-state index < -0.39 is 5.82 Å². The summed E-state index contributed by atoms with van der Waals surface area (Å²) in [4.78, 5) is 24.0. The molecule has 6 heteroatoms. The van der Waals surface area contributed by atoms with E-state index in [9.17, 15) is 14.0 Å². The molecule has 29 heavy (non-hydrogen) atoms. The average molecular weight is 423 g/mol. The minimum Gasteiger partial charge on any atom is -0.459 e. The lowest BCUT2D eigenvalue weighted by molar-refractivity contribution is -0.145. The van der Waals surface area contributed by atoms with Gasteiger partial charge in [-0.15, -0.1) is 0 Å². The van der Waals surface area contributed by atoms with Crippen LogP contribution in [0, 0.1) is 23.6 Å². The Bertz CT molecular complexity index is 747. The van der Waals surface area contributed by atoms with Crippen molar-refractivity contribution in [1.29, 1.82) is 0 Å². The third-order valence-corrected chi connectivity index (χ3v) is 6.49. The second-order valence-electron chi connectivity index (χ2n) is 8.08. The highest BCUT2D eigenvalue weighted by Crippen LogP contribution is 2.41. The first kappa shape index (κ1) is 21.8. The van der Waals surface area contributed by atoms with Crippen LogP contribution in [0.25, 0.3) is 0 Å². The van der Waals surface area contributed by atoms with Crippen molar-refractivity contribution in [3.63, 3.8) is 0 Å². The molecule has 1 aromatic carbocycles. The Morgan fingerprint density at radius 2 is 1.66 bits per heavy atom. The van der Waals surface area contributed by atoms with Gasteiger partial charge in [0, 0.05) is 12.1 Å². The fourth-order valence-electron chi connectivity index (χ4n) is 4.58. The maximum atomic E-state index is 13.5. The highest BCUT2D eigenvalue weighted by atomic mass is 35.5. The van der Waals surface area contributed by atoms with Crippen molar-refractivity contribution in [2.45, 2.75) is 64.4 Å². The van der Waals surface area contributed by atoms with Crippen molar-refractivity contribution < 1.29 is 23.5 Å². The zero-order chi connectivity index (χ0) is 20.8. The average Bonchev–Trinajstić information content (AvgIpc) is 2.71. The lowest BCUT2D eigenvalue weighted by atomic mass is 9.70. The van der Waals surface area contributed by atoms with Crippen LogP contribution in [-0.4, -0.2) is 18.0 Å². The van der Waals surface area contributed by atoms with Gasteiger partial charge in [-0.1, -0.05) is 17.7 Å². The molecule has 0 radical (unpaired) electrons. The van der Waals surface area contributed by atoms with E-state index in [0.29, 0.717) is 11.8 Å². The number of esters is 2. The van der Waals surface area contributed by atoms with Crippen molar-refractivity contribution >= 4 is 23.5 Å². The summed E-state index contributed by atoms with van der Waals surface area (Å²) in [7, 11) is 0. The number of rotatable bonds is 5. The SMILES string of the molecule is C/C=C/C(=O)OC1CCC(C2CCC(C(=O)Oc3ccc(Cl)c(F)c3)CC2)CC1. The highest BCUT2D eigenvalue weighted by molar-refractivity contribution is 6.30. The molecular weight excluding hydrogens is 395 g/mol. The minimum atomic E-state index is -0.590. The third kappa shape index (κ3) is 6.05. The largest absolute Gasteiger partial charge is 0.459 e. The Hall–Kier alpha value is -1.88. The Balaban J connectivity index is 1.42. The number of halogens is 2. The molecule has 0 aliphatic heterocycles. The molecule has 2 saturated carbocycles. The Morgan fingerprint density at radius 1 is 1.03 bits per heavy atom. The second kappa shape index (κ2) is 10.2. The standard InChI is InChI=1S/C23H28ClFO4/c1-2-3-22(26)28-18-10-8-16(9-11-18)15-4-6-17(7-5-15)23(27)29-19-12-13-20(24)21(25)14-19/h2-3,12-18H,4-11H2,1H3/b3-2+. The third-order valence-electron chi connectivity index (χ3n) is 6.19. The van der Waals surface area contributed by atoms with Gasteiger partial charge in [-0.3, -0.25) is 4.79 Å². The predicted molar refractivity (Wildman–Crippen MR) is 109 cm³/mol. The molecule has 0 saturated heterocycles. The molecule has 0 N–H and O–H groups in total. The molecule has 2 aliphatic carbocycles. The van der Waals surface area contributed by atoms with Gasteiger partial charge in [-0.25, -0.2) is 9.18 Å². The van der Waals surface area contributed by atoms with E-state index in [2.05, 4.69) is 0 Å². The predicted octanol–water partition coefficient (Wildman–Crippen LogP) is 5.87. The molecule has 0 aromatic heterocycles. The first-order valence-corrected chi connectivity index (χ1v) is 10.8. The van der Waals surface area contributed by atoms with Gasteiger partial charge in [0.15, 0.2) is 0 Å². The van der Waals surface area contributed by atoms with E-state index >= 15 is 0 Å². The summed E-state index contributed by atoms with van der Waals surface area (Å²) in [6, 6.07) is 4.05. The van der Waals surface area contributed by atoms with Crippen LogP contribution in [0.4, 0.5) is 4.39 Å². The fraction of sp³-hybridized carbons (Fsp3) is 0.565. The van der Waals surface area contributed by atoms with Crippen molar-refractivity contribution in [3.05, 3.63) is 41.2 Å². The van der Waals surface area contributed by atoms with Crippen molar-refractivity contribution in [1.82, 2.24) is 0 Å². The summed E-state index contributed by atoms with van der Waals surface area (Å²) in [5, 5.41) is 0.0108. The Kier molecular flexibility index (Phi) is 7.70. The van der Waals surface area contributed by atoms with E-state index in [1.807, 2.05) is 0 Å². The van der Waals surface area contributed by atoms with Gasteiger partial charge in [0.2, 0.25) is 0 Å². The topological polar surface area (TPSA) is 52.6 Å². The van der Waals surface area contributed by atoms with Crippen LogP contribution in [0.3, 0.4) is 0 Å². The van der Waals surface area contributed by atoms with E-state index in [0.717, 1.165) is 57.4 Å². The number of carbonyl (C=O) groups excluding carboxylic acids is 2. The van der Waals surface area contributed by atoms with Gasteiger partial charge < -0.3 is 9.47 Å². The summed E-state index contributed by atoms with van der Waals surface area (Å²) < 4.78 is 24.3. The maximum Gasteiger partial charge on any atom is 0.330 e. The van der Waals surface area contributed by atoms with Gasteiger partial charge in [0.05, 0.1) is 10.9 Å². The first-order valence-electron chi connectivity index (χ1n) is 10.5. The lowest BCUT2D eigenvalue weighted by Gasteiger charge is -2.37. The summed E-state index contributed by atoms with van der Waals surface area (Å²) in [5.41, 5.74) is 0. The molecular formula is C23H28ClFO4. The highest BCUT2D eigenvalue weighted by Gasteiger charge is 2.34. The van der Waals surface area contributed by atoms with E-state index in [1.165, 1.54) is 18.2 Å². The zero-order valence-corrected chi connectivity index (χ0v) is 17.5. The minimum absolute atomic E-state index is 0.0108. The number of carbonyl (C=O) groups is 2. The zero-order valence-electron chi connectivity index (χ0n) is 16.7. The summed E-state index contributed by atoms with van der Waals surface area (Å²) in [6.07, 6.45) is 10.8. The quantitative estimate of drug-likeness (QED) is 0.338. The van der Waals surface area contributed by atoms with Crippen LogP contribution in [-0.2, 0) is 14.3 Å². The summed E-state index contributed by atoms with van der Waals surface area (Å²) >= 11 is 5.66. The van der Waals surface area contributed by atoms with Gasteiger partial charge in [0.25, 0.3) is 0 Å². The van der Waals surface area contributed by atoms with Crippen LogP contribution >= 0.6 is 11.6 Å². The van der Waals surface area contributed by atoms with Crippen LogP contribution in [0.5, 0.6) is 5.75 Å². The maximum absolute atomic E-state index is 13.5. The van der Waals surface area contributed by atoms with Gasteiger partial charge in [-0.05, 0) is 82.3 Å². The van der Waals surface area contributed by atoms with Gasteiger partial charge >= 0.3 is 11.9 Å². The van der Waals surface area contributed by atoms with Crippen LogP contribution in [0.15, 0.2) is 30.4 Å². The number of allylic oxidation sites excluding steroid dienone is 1. The molecule has 2 aliphatic rings. The molecule has 0 atom stereocenters. The summed E-state index contributed by atoms with van der Waals surface area (Å²) in [5.74, 6) is 0.175. The van der Waals surface area contributed by atoms with Crippen molar-refractivity contribution in [2.75, 3.05) is 0 Å². The molecule has 0 amide bonds. The normalized spacial score (nSPS) is 27.6. The van der Waals surface area contributed by atoms with Crippen molar-refractivity contribution in [2.24, 2.45) is 17.8 Å². The van der Waals surface area contributed by atoms with E-state index in [-0.39, 0.29) is 34.7 Å². The van der Waals surface area contributed by atoms with Crippen LogP contribution < -0.4 is 4.74 Å². The van der Waals surface area contributed by atoms with Crippen LogP contribution in [0.1, 0.15) is 58.3 Å². The Labute approximate surface area is 176 Å². The molecule has 4 nitrogen and oxygen atoms in total. The molecule has 3 rings (SSSR count). The van der Waals surface area contributed by atoms with E-state index in [1.54, 1.807) is 13.0 Å². The molecule has 158 valence electrons. The first-order chi connectivity index (χ1) is 14.0. The fourth-order valence-corrected chi connectivity index (χ4v) is 4.70. The van der Waals surface area contributed by atoms with Crippen molar-refractivity contribution in [3.8, 4) is 5.75 Å². The van der Waals surface area contributed by atoms with E-state index in [4.69, 9.17) is 21.1 Å². The number of hydrogen-bond acceptors (Lipinski definition) is 4. The van der Waals surface area contributed by atoms with Gasteiger partial charge in [-0.2, -0.15) is 0 Å². The molecule has 0 bridgehead atoms. The lowest BCUT2D eigenvalue weighted by Crippen LogP contribution is -2.31. The molecule has 0 heterocycles. The van der Waals surface area contributed by atoms with Gasteiger partial charge in [0.1, 0.15) is 17.7 Å². The number of benzene rings is 1. The monoisotopic (exact) mass is 422 g/mol.